The molecule has 1 atom stereocenters. The summed E-state index contributed by atoms with van der Waals surface area (Å²) < 4.78 is 0. The minimum atomic E-state index is -0.701. The van der Waals surface area contributed by atoms with Crippen molar-refractivity contribution in [1.82, 2.24) is 14.7 Å². The molecule has 5 heteroatoms. The van der Waals surface area contributed by atoms with Crippen LogP contribution < -0.4 is 0 Å². The van der Waals surface area contributed by atoms with E-state index in [9.17, 15) is 4.79 Å². The molecule has 1 rings (SSSR count). The number of carbonyl (C=O) groups is 1. The normalized spacial score (nSPS) is 20.7. The first-order valence-electron chi connectivity index (χ1n) is 6.32. The fourth-order valence-electron chi connectivity index (χ4n) is 2.15. The van der Waals surface area contributed by atoms with E-state index in [4.69, 9.17) is 5.11 Å². The largest absolute Gasteiger partial charge is 0.481 e. The van der Waals surface area contributed by atoms with Crippen LogP contribution in [0.1, 0.15) is 13.3 Å². The van der Waals surface area contributed by atoms with Gasteiger partial charge in [0.15, 0.2) is 0 Å². The standard InChI is InChI=1S/C12H25N3O2/c1-11(10-12(16)17)15-8-6-14(7-9-15)5-4-13(2)3/h11H,4-10H2,1-3H3,(H,16,17). The van der Waals surface area contributed by atoms with Gasteiger partial charge in [-0.3, -0.25) is 14.6 Å². The number of rotatable bonds is 6. The van der Waals surface area contributed by atoms with E-state index in [-0.39, 0.29) is 12.5 Å². The molecule has 1 N–H and O–H groups in total. The monoisotopic (exact) mass is 243 g/mol. The molecular formula is C12H25N3O2. The molecule has 0 aromatic carbocycles. The quantitative estimate of drug-likeness (QED) is 0.713. The zero-order chi connectivity index (χ0) is 12.8. The van der Waals surface area contributed by atoms with Crippen LogP contribution >= 0.6 is 0 Å². The zero-order valence-electron chi connectivity index (χ0n) is 11.2. The molecule has 1 aliphatic heterocycles. The number of nitrogens with zero attached hydrogens (tertiary/aromatic N) is 3. The molecule has 0 radical (unpaired) electrons. The molecule has 5 nitrogen and oxygen atoms in total. The van der Waals surface area contributed by atoms with Crippen LogP contribution in [0, 0.1) is 0 Å². The Morgan fingerprint density at radius 3 is 2.35 bits per heavy atom. The topological polar surface area (TPSA) is 47.0 Å². The lowest BCUT2D eigenvalue weighted by atomic mass is 10.1. The van der Waals surface area contributed by atoms with Gasteiger partial charge in [-0.05, 0) is 21.0 Å². The summed E-state index contributed by atoms with van der Waals surface area (Å²) in [5, 5.41) is 8.77. The molecule has 100 valence electrons. The van der Waals surface area contributed by atoms with Crippen molar-refractivity contribution < 1.29 is 9.90 Å². The van der Waals surface area contributed by atoms with Gasteiger partial charge in [-0.2, -0.15) is 0 Å². The molecule has 0 aliphatic carbocycles. The van der Waals surface area contributed by atoms with Crippen molar-refractivity contribution in [1.29, 1.82) is 0 Å². The summed E-state index contributed by atoms with van der Waals surface area (Å²) in [5.74, 6) is -0.701. The third-order valence-electron chi connectivity index (χ3n) is 3.36. The summed E-state index contributed by atoms with van der Waals surface area (Å²) in [7, 11) is 4.18. The Labute approximate surface area is 104 Å². The van der Waals surface area contributed by atoms with Gasteiger partial charge in [-0.25, -0.2) is 0 Å². The Kier molecular flexibility index (Phi) is 5.88. The van der Waals surface area contributed by atoms with Crippen LogP contribution in [0.5, 0.6) is 0 Å². The minimum Gasteiger partial charge on any atom is -0.481 e. The summed E-state index contributed by atoms with van der Waals surface area (Å²) in [6, 6.07) is 0.156. The first-order chi connectivity index (χ1) is 7.99. The van der Waals surface area contributed by atoms with Gasteiger partial charge in [-0.15, -0.1) is 0 Å². The van der Waals surface area contributed by atoms with Crippen molar-refractivity contribution in [3.63, 3.8) is 0 Å². The van der Waals surface area contributed by atoms with E-state index >= 15 is 0 Å². The number of carboxylic acids is 1. The summed E-state index contributed by atoms with van der Waals surface area (Å²) in [5.41, 5.74) is 0. The number of carboxylic acid groups (broad SMARTS) is 1. The van der Waals surface area contributed by atoms with Gasteiger partial charge >= 0.3 is 5.97 Å². The lowest BCUT2D eigenvalue weighted by Gasteiger charge is -2.38. The van der Waals surface area contributed by atoms with Gasteiger partial charge in [0.25, 0.3) is 0 Å². The predicted octanol–water partition coefficient (Wildman–Crippen LogP) is 0.0288. The van der Waals surface area contributed by atoms with Gasteiger partial charge in [0.05, 0.1) is 6.42 Å². The summed E-state index contributed by atoms with van der Waals surface area (Å²) in [6.07, 6.45) is 0.248. The van der Waals surface area contributed by atoms with E-state index in [0.29, 0.717) is 0 Å². The predicted molar refractivity (Wildman–Crippen MR) is 68.3 cm³/mol. The van der Waals surface area contributed by atoms with Crippen LogP contribution in [0.2, 0.25) is 0 Å². The Bertz CT molecular complexity index is 238. The first-order valence-corrected chi connectivity index (χ1v) is 6.32. The summed E-state index contributed by atoms with van der Waals surface area (Å²) in [6.45, 7) is 8.28. The molecule has 0 bridgehead atoms. The highest BCUT2D eigenvalue weighted by molar-refractivity contribution is 5.67. The third kappa shape index (κ3) is 5.48. The first kappa shape index (κ1) is 14.4. The molecule has 0 spiro atoms. The smallest absolute Gasteiger partial charge is 0.304 e. The molecule has 1 unspecified atom stereocenters. The van der Waals surface area contributed by atoms with Crippen molar-refractivity contribution in [2.45, 2.75) is 19.4 Å². The molecule has 1 saturated heterocycles. The van der Waals surface area contributed by atoms with Crippen molar-refractivity contribution in [3.05, 3.63) is 0 Å². The number of hydrogen-bond acceptors (Lipinski definition) is 4. The fraction of sp³-hybridized carbons (Fsp3) is 0.917. The van der Waals surface area contributed by atoms with Gasteiger partial charge in [0.2, 0.25) is 0 Å². The van der Waals surface area contributed by atoms with Gasteiger partial charge in [-0.1, -0.05) is 0 Å². The second-order valence-electron chi connectivity index (χ2n) is 5.13. The number of likely N-dealkylation sites (N-methyl/N-ethyl adjacent to an activating group) is 1. The molecule has 1 fully saturated rings. The maximum atomic E-state index is 10.7. The average molecular weight is 243 g/mol. The van der Waals surface area contributed by atoms with E-state index in [1.165, 1.54) is 0 Å². The van der Waals surface area contributed by atoms with Crippen LogP contribution in [-0.2, 0) is 4.79 Å². The van der Waals surface area contributed by atoms with E-state index in [0.717, 1.165) is 39.3 Å². The lowest BCUT2D eigenvalue weighted by Crippen LogP contribution is -2.51. The van der Waals surface area contributed by atoms with Crippen molar-refractivity contribution in [2.24, 2.45) is 0 Å². The zero-order valence-corrected chi connectivity index (χ0v) is 11.2. The van der Waals surface area contributed by atoms with Crippen molar-refractivity contribution >= 4 is 5.97 Å². The molecule has 0 aromatic heterocycles. The maximum absolute atomic E-state index is 10.7. The Morgan fingerprint density at radius 2 is 1.88 bits per heavy atom. The highest BCUT2D eigenvalue weighted by Gasteiger charge is 2.22. The van der Waals surface area contributed by atoms with E-state index < -0.39 is 5.97 Å². The van der Waals surface area contributed by atoms with Crippen LogP contribution in [-0.4, -0.2) is 85.2 Å². The lowest BCUT2D eigenvalue weighted by molar-refractivity contribution is -0.138. The van der Waals surface area contributed by atoms with E-state index in [2.05, 4.69) is 28.8 Å². The average Bonchev–Trinajstić information content (AvgIpc) is 2.26. The second-order valence-corrected chi connectivity index (χ2v) is 5.13. The molecule has 1 aliphatic rings. The highest BCUT2D eigenvalue weighted by atomic mass is 16.4. The molecule has 0 saturated carbocycles. The van der Waals surface area contributed by atoms with Crippen LogP contribution in [0.25, 0.3) is 0 Å². The van der Waals surface area contributed by atoms with E-state index in [1.807, 2.05) is 6.92 Å². The highest BCUT2D eigenvalue weighted by Crippen LogP contribution is 2.08. The van der Waals surface area contributed by atoms with E-state index in [1.54, 1.807) is 0 Å². The number of aliphatic carboxylic acids is 1. The Hall–Kier alpha value is -0.650. The van der Waals surface area contributed by atoms with Gasteiger partial charge in [0.1, 0.15) is 0 Å². The number of hydrogen-bond donors (Lipinski definition) is 1. The summed E-state index contributed by atoms with van der Waals surface area (Å²) >= 11 is 0. The second kappa shape index (κ2) is 6.93. The summed E-state index contributed by atoms with van der Waals surface area (Å²) in [4.78, 5) is 17.6. The molecule has 0 aromatic rings. The maximum Gasteiger partial charge on any atom is 0.304 e. The van der Waals surface area contributed by atoms with Crippen LogP contribution in [0.4, 0.5) is 0 Å². The van der Waals surface area contributed by atoms with Gasteiger partial charge < -0.3 is 10.0 Å². The minimum absolute atomic E-state index is 0.156. The van der Waals surface area contributed by atoms with Crippen LogP contribution in [0.3, 0.4) is 0 Å². The molecule has 17 heavy (non-hydrogen) atoms. The molecular weight excluding hydrogens is 218 g/mol. The number of piperazine rings is 1. The Morgan fingerprint density at radius 1 is 1.29 bits per heavy atom. The SMILES string of the molecule is CC(CC(=O)O)N1CCN(CCN(C)C)CC1. The Balaban J connectivity index is 2.23. The van der Waals surface area contributed by atoms with Crippen LogP contribution in [0.15, 0.2) is 0 Å². The van der Waals surface area contributed by atoms with Gasteiger partial charge in [0, 0.05) is 45.3 Å². The molecule has 1 heterocycles. The molecule has 0 amide bonds. The third-order valence-corrected chi connectivity index (χ3v) is 3.36. The van der Waals surface area contributed by atoms with Crippen molar-refractivity contribution in [3.8, 4) is 0 Å². The fourth-order valence-corrected chi connectivity index (χ4v) is 2.15. The van der Waals surface area contributed by atoms with Crippen molar-refractivity contribution in [2.75, 3.05) is 53.4 Å².